The predicted molar refractivity (Wildman–Crippen MR) is 495 cm³/mol. The Labute approximate surface area is 777 Å². The van der Waals surface area contributed by atoms with Gasteiger partial charge in [-0.25, -0.2) is 9.97 Å². The van der Waals surface area contributed by atoms with Crippen molar-refractivity contribution in [2.75, 3.05) is 11.5 Å². The zero-order chi connectivity index (χ0) is 97.3. The third-order valence-corrected chi connectivity index (χ3v) is 24.4. The van der Waals surface area contributed by atoms with Crippen molar-refractivity contribution in [2.45, 2.75) is 236 Å². The maximum Gasteiger partial charge on any atom is 0.303 e. The van der Waals surface area contributed by atoms with Gasteiger partial charge in [0.15, 0.2) is 17.5 Å². The summed E-state index contributed by atoms with van der Waals surface area (Å²) in [4.78, 5) is 233. The Morgan fingerprint density at radius 2 is 1.06 bits per heavy atom. The number of carboxylic acid groups (broad SMARTS) is 1. The number of carbonyl (C=O) groups excluding carboxylic acids is 14. The van der Waals surface area contributed by atoms with Gasteiger partial charge in [0.05, 0.1) is 36.5 Å². The molecule has 133 heavy (non-hydrogen) atoms. The van der Waals surface area contributed by atoms with Crippen LogP contribution in [0.5, 0.6) is 11.5 Å². The van der Waals surface area contributed by atoms with Crippen molar-refractivity contribution < 1.29 is 97.5 Å². The van der Waals surface area contributed by atoms with Crippen LogP contribution in [0.15, 0.2) is 134 Å². The Kier molecular flexibility index (Phi) is 40.2. The van der Waals surface area contributed by atoms with Crippen LogP contribution in [0.2, 0.25) is 0 Å². The van der Waals surface area contributed by atoms with Gasteiger partial charge in [-0.05, 0) is 127 Å². The first-order chi connectivity index (χ1) is 63.1. The number of phenols is 2. The highest BCUT2D eigenvalue weighted by molar-refractivity contribution is 7.98. The van der Waals surface area contributed by atoms with Crippen LogP contribution in [-0.4, -0.2) is 230 Å². The lowest BCUT2D eigenvalue weighted by Crippen LogP contribution is -2.63. The van der Waals surface area contributed by atoms with Gasteiger partial charge in [0, 0.05) is 111 Å². The van der Waals surface area contributed by atoms with E-state index >= 15 is 28.8 Å². The molecule has 8 rings (SSSR count). The number of aromatic nitrogens is 4. The number of fused-ring (bicyclic) bond motifs is 3. The quantitative estimate of drug-likeness (QED) is 0.0271. The van der Waals surface area contributed by atoms with E-state index in [4.69, 9.17) is 16.9 Å². The number of H-pyrrole nitrogens is 2. The summed E-state index contributed by atoms with van der Waals surface area (Å²) in [6.07, 6.45) is -1.50. The molecule has 0 unspecified atom stereocenters. The number of nitrogens with zero attached hydrogens (tertiary/aromatic N) is 2. The minimum atomic E-state index is -1.97. The number of aliphatic carboxylic acids is 1. The van der Waals surface area contributed by atoms with Gasteiger partial charge in [-0.2, -0.15) is 23.5 Å². The standard InChI is InChI=1S/C92H121N19O20S2/c1-9-13-66-83(124)102-65(30-31-75(119)120)73(117)38-58(34-52-22-26-62(115)27-23-52)81(122)103-67(14-10-2)84(125)109-77(50(4)113)89(130)108-72(79(93)121)47-133-45-57-16-11-15-56(33-57)44-132-46-60(39-74(118)68(101-51(5)114)35-53-18-20-55(21-19-53)41-99-91(94)95)82(123)111-78(92(6,7)8)90(131)107-69(36-54-24-28-63(116)29-25-54)85(126)105-71(40-61-43-96-48-100-61)87(128)110-76(49(3)112)88(129)106-70(86(127)104-66)37-59-42-98-80-64(59)17-12-32-97-80/h11-12,15-29,32-33,42-43,48-50,58,60,65-72,76-78,112-113,115-116H,9-10,13-14,30-31,34-41,44-47H2,1-8H3,(H2,93,121)(H,96,100)(H,97,98)(H,101,114)(H,102,124)(H,103,122)(H,104,127)(H,105,126)(H,106,129)(H,107,131)(H,108,130)(H,109,125)(H,110,128)(H,111,123)(H,119,120)(H4,94,95,99)/t49-,50-,58-,60+,65+,66+,67+,68+,69+,70+,71+,72+,76+,77+,78-/m1/s1. The summed E-state index contributed by atoms with van der Waals surface area (Å²) in [5.74, 6) is -17.4. The summed E-state index contributed by atoms with van der Waals surface area (Å²) in [7, 11) is 0. The number of phenolic OH excluding ortho intramolecular Hbond substituents is 2. The number of benzene rings is 4. The van der Waals surface area contributed by atoms with Crippen LogP contribution in [0.4, 0.5) is 0 Å². The van der Waals surface area contributed by atoms with Crippen molar-refractivity contribution in [1.82, 2.24) is 83.7 Å². The van der Waals surface area contributed by atoms with E-state index < -0.39 is 216 Å². The van der Waals surface area contributed by atoms with Crippen LogP contribution in [-0.2, 0) is 122 Å². The third kappa shape index (κ3) is 33.5. The molecule has 2 bridgehead atoms. The zero-order valence-electron chi connectivity index (χ0n) is 75.3. The van der Waals surface area contributed by atoms with E-state index in [1.165, 1.54) is 111 Å². The number of hydrogen-bond donors (Lipinski definition) is 22. The molecule has 39 nitrogen and oxygen atoms in total. The molecule has 0 fully saturated rings. The summed E-state index contributed by atoms with van der Waals surface area (Å²) in [5.41, 5.74) is 14.8. The summed E-state index contributed by atoms with van der Waals surface area (Å²) in [6, 6.07) is 11.0. The molecule has 15 atom stereocenters. The number of imidazole rings is 1. The zero-order valence-corrected chi connectivity index (χ0v) is 76.9. The first kappa shape index (κ1) is 105. The van der Waals surface area contributed by atoms with Crippen LogP contribution in [0.25, 0.3) is 11.0 Å². The van der Waals surface area contributed by atoms with Gasteiger partial charge in [0.1, 0.15) is 71.5 Å². The van der Waals surface area contributed by atoms with Gasteiger partial charge in [-0.15, -0.1) is 0 Å². The lowest BCUT2D eigenvalue weighted by molar-refractivity contribution is -0.139. The van der Waals surface area contributed by atoms with Gasteiger partial charge >= 0.3 is 5.97 Å². The second-order valence-corrected chi connectivity index (χ2v) is 36.2. The number of guanidine groups is 1. The number of aliphatic hydroxyl groups is 2. The lowest BCUT2D eigenvalue weighted by Gasteiger charge is -2.33. The summed E-state index contributed by atoms with van der Waals surface area (Å²) in [6.45, 7) is 12.1. The molecular formula is C92H121N19O20S2. The number of ketones is 2. The van der Waals surface area contributed by atoms with Crippen molar-refractivity contribution in [3.63, 3.8) is 0 Å². The summed E-state index contributed by atoms with van der Waals surface area (Å²) < 4.78 is 0. The molecule has 24 N–H and O–H groups in total. The fourth-order valence-corrected chi connectivity index (χ4v) is 17.0. The molecule has 1 aliphatic rings. The molecule has 4 aromatic carbocycles. The molecule has 0 radical (unpaired) electrons. The topological polar surface area (TPSA) is 635 Å². The van der Waals surface area contributed by atoms with Crippen LogP contribution in [0, 0.1) is 22.7 Å². The van der Waals surface area contributed by atoms with Gasteiger partial charge in [0.25, 0.3) is 0 Å². The number of aromatic amines is 2. The maximum absolute atomic E-state index is 15.4. The average molecular weight is 1880 g/mol. The van der Waals surface area contributed by atoms with E-state index in [-0.39, 0.29) is 104 Å². The van der Waals surface area contributed by atoms with Gasteiger partial charge in [0.2, 0.25) is 70.9 Å². The highest BCUT2D eigenvalue weighted by Crippen LogP contribution is 2.28. The van der Waals surface area contributed by atoms with Crippen molar-refractivity contribution in [2.24, 2.45) is 28.7 Å². The van der Waals surface area contributed by atoms with E-state index in [0.29, 0.717) is 33.3 Å². The second kappa shape index (κ2) is 50.9. The SMILES string of the molecule is CCC[C@@H]1NC(=O)[C@H](Cc2ccc(O)cc2)CC(=O)[C@H](CCC(=O)O)NC(=O)[C@H](CCC)NC(=O)[C@H](Cc2c[nH]c3ncccc23)NC(=O)[C@H]([C@@H](C)O)NC(=O)[C@H](Cc2cnc[nH]2)NC(=O)[C@H](Cc2ccc(O)cc2)NC(=O)[C@H](C(C)(C)C)NC(=O)[C@@H](CC(=O)[C@H](Cc2ccc(CNC(=N)N)cc2)NC(C)=O)CSCc2cccc(c2)CSC[C@@H](C(N)=O)NC(=O)[C@H]([C@@H](C)O)NC1=O. The van der Waals surface area contributed by atoms with Crippen molar-refractivity contribution in [1.29, 1.82) is 5.41 Å². The van der Waals surface area contributed by atoms with E-state index in [1.807, 2.05) is 6.07 Å². The maximum atomic E-state index is 15.4. The van der Waals surface area contributed by atoms with Gasteiger partial charge < -0.3 is 111 Å². The first-order valence-electron chi connectivity index (χ1n) is 43.7. The first-order valence-corrected chi connectivity index (χ1v) is 46.0. The molecule has 0 aliphatic carbocycles. The number of hydrogen-bond acceptors (Lipinski definition) is 24. The molecule has 716 valence electrons. The number of rotatable bonds is 26. The Hall–Kier alpha value is -13.3. The number of carbonyl (C=O) groups is 15. The van der Waals surface area contributed by atoms with E-state index in [1.54, 1.807) is 89.2 Å². The molecule has 41 heteroatoms. The number of aromatic hydroxyl groups is 2. The highest BCUT2D eigenvalue weighted by atomic mass is 32.2. The van der Waals surface area contributed by atoms with Gasteiger partial charge in [-0.3, -0.25) is 77.3 Å². The molecular weight excluding hydrogens is 1760 g/mol. The number of nitrogens with two attached hydrogens (primary N) is 2. The van der Waals surface area contributed by atoms with Crippen LogP contribution >= 0.6 is 23.5 Å². The Morgan fingerprint density at radius 1 is 0.556 bits per heavy atom. The molecule has 3 aromatic heterocycles. The second-order valence-electron chi connectivity index (χ2n) is 34.2. The Bertz CT molecular complexity index is 5210. The predicted octanol–water partition coefficient (Wildman–Crippen LogP) is 1.64. The van der Waals surface area contributed by atoms with Crippen molar-refractivity contribution in [3.05, 3.63) is 179 Å². The van der Waals surface area contributed by atoms with Crippen molar-refractivity contribution in [3.8, 4) is 11.5 Å². The molecule has 12 amide bonds. The Morgan fingerprint density at radius 3 is 1.62 bits per heavy atom. The number of carboxylic acids is 1. The highest BCUT2D eigenvalue weighted by Gasteiger charge is 2.42. The molecule has 0 saturated heterocycles. The van der Waals surface area contributed by atoms with E-state index in [0.717, 1.165) is 23.6 Å². The largest absolute Gasteiger partial charge is 0.508 e. The van der Waals surface area contributed by atoms with Crippen LogP contribution < -0.4 is 75.3 Å². The summed E-state index contributed by atoms with van der Waals surface area (Å²) >= 11 is 2.43. The fourth-order valence-electron chi connectivity index (χ4n) is 14.9. The van der Waals surface area contributed by atoms with Crippen molar-refractivity contribution >= 4 is 129 Å². The minimum absolute atomic E-state index is 0.0198. The summed E-state index contributed by atoms with van der Waals surface area (Å²) in [5, 5.41) is 93.4. The number of thioether (sulfide) groups is 2. The molecule has 0 spiro atoms. The van der Waals surface area contributed by atoms with E-state index in [9.17, 15) is 68.7 Å². The van der Waals surface area contributed by atoms with Crippen LogP contribution in [0.1, 0.15) is 151 Å². The smallest absolute Gasteiger partial charge is 0.303 e. The number of amides is 12. The average Bonchev–Trinajstić information content (AvgIpc) is 1.73. The molecule has 1 aliphatic heterocycles. The molecule has 0 saturated carbocycles. The number of Topliss-reactive ketones (excluding diaryl/α,β-unsaturated/α-hetero) is 2. The minimum Gasteiger partial charge on any atom is -0.508 e. The monoisotopic (exact) mass is 1880 g/mol. The third-order valence-electron chi connectivity index (χ3n) is 22.1. The molecule has 4 heterocycles. The van der Waals surface area contributed by atoms with E-state index in [2.05, 4.69) is 83.7 Å². The number of primary amides is 1. The Balaban J connectivity index is 1.19. The lowest BCUT2D eigenvalue weighted by atomic mass is 9.85. The van der Waals surface area contributed by atoms with Gasteiger partial charge in [-0.1, -0.05) is 120 Å². The number of aliphatic hydroxyl groups excluding tert-OH is 2. The fraction of sp³-hybridized carbons (Fsp3) is 0.457. The number of pyridine rings is 1. The van der Waals surface area contributed by atoms with Crippen LogP contribution in [0.3, 0.4) is 0 Å². The molecule has 7 aromatic rings. The normalized spacial score (nSPS) is 22.5. The number of nitrogens with one attached hydrogen (secondary N) is 15.